The number of hydrogen-bond donors (Lipinski definition) is 1. The third kappa shape index (κ3) is 5.92. The third-order valence-electron chi connectivity index (χ3n) is 6.28. The molecule has 1 aromatic heterocycles. The lowest BCUT2D eigenvalue weighted by molar-refractivity contribution is -0.160. The molecule has 2 aromatic carbocycles. The first-order valence-electron chi connectivity index (χ1n) is 12.0. The smallest absolute Gasteiger partial charge is 0.337 e. The van der Waals surface area contributed by atoms with Crippen LogP contribution in [0.4, 0.5) is 0 Å². The lowest BCUT2D eigenvalue weighted by Gasteiger charge is -2.33. The van der Waals surface area contributed by atoms with Gasteiger partial charge < -0.3 is 9.84 Å². The van der Waals surface area contributed by atoms with E-state index < -0.39 is 17.7 Å². The van der Waals surface area contributed by atoms with Crippen LogP contribution in [0.2, 0.25) is 5.02 Å². The van der Waals surface area contributed by atoms with Crippen LogP contribution in [0.5, 0.6) is 0 Å². The van der Waals surface area contributed by atoms with E-state index in [1.807, 2.05) is 39.8 Å². The van der Waals surface area contributed by atoms with Gasteiger partial charge in [-0.15, -0.1) is 0 Å². The molecule has 1 aliphatic rings. The van der Waals surface area contributed by atoms with Gasteiger partial charge in [-0.1, -0.05) is 53.6 Å². The molecule has 35 heavy (non-hydrogen) atoms. The Balaban J connectivity index is 1.84. The van der Waals surface area contributed by atoms with Crippen LogP contribution in [-0.2, 0) is 29.0 Å². The van der Waals surface area contributed by atoms with Crippen LogP contribution in [0.1, 0.15) is 60.5 Å². The first-order valence-corrected chi connectivity index (χ1v) is 12.4. The number of carboxylic acid groups (broad SMARTS) is 1. The van der Waals surface area contributed by atoms with E-state index in [1.165, 1.54) is 5.56 Å². The number of pyridine rings is 1. The summed E-state index contributed by atoms with van der Waals surface area (Å²) in [5.41, 5.74) is 7.11. The SMILES string of the molecule is Cc1ccc(-c2c3c(nc(C)c2[C@H](OC(C)(C)C)C(=O)O)CCN(Cc2ccc(Cl)cc2)C3)cc1. The van der Waals surface area contributed by atoms with Crippen LogP contribution in [0.25, 0.3) is 11.1 Å². The maximum absolute atomic E-state index is 12.5. The molecule has 0 radical (unpaired) electrons. The minimum atomic E-state index is -1.12. The summed E-state index contributed by atoms with van der Waals surface area (Å²) in [5.74, 6) is -1.01. The van der Waals surface area contributed by atoms with E-state index in [0.717, 1.165) is 52.5 Å². The summed E-state index contributed by atoms with van der Waals surface area (Å²) in [7, 11) is 0. The van der Waals surface area contributed by atoms with E-state index in [2.05, 4.69) is 48.2 Å². The fourth-order valence-corrected chi connectivity index (χ4v) is 4.83. The Labute approximate surface area is 212 Å². The molecule has 1 N–H and O–H groups in total. The molecule has 2 heterocycles. The predicted molar refractivity (Wildman–Crippen MR) is 140 cm³/mol. The number of aryl methyl sites for hydroxylation is 2. The first-order chi connectivity index (χ1) is 16.5. The normalized spacial score (nSPS) is 15.0. The van der Waals surface area contributed by atoms with Gasteiger partial charge in [-0.05, 0) is 69.0 Å². The van der Waals surface area contributed by atoms with Gasteiger partial charge in [-0.2, -0.15) is 0 Å². The van der Waals surface area contributed by atoms with E-state index in [9.17, 15) is 9.90 Å². The van der Waals surface area contributed by atoms with Gasteiger partial charge in [0, 0.05) is 48.0 Å². The van der Waals surface area contributed by atoms with Crippen LogP contribution in [0.15, 0.2) is 48.5 Å². The molecular weight excluding hydrogens is 460 g/mol. The van der Waals surface area contributed by atoms with Crippen LogP contribution < -0.4 is 0 Å². The summed E-state index contributed by atoms with van der Waals surface area (Å²) in [6.45, 7) is 11.9. The number of halogens is 1. The van der Waals surface area contributed by atoms with Gasteiger partial charge in [0.15, 0.2) is 6.10 Å². The highest BCUT2D eigenvalue weighted by Crippen LogP contribution is 2.40. The van der Waals surface area contributed by atoms with Crippen LogP contribution in [0.3, 0.4) is 0 Å². The van der Waals surface area contributed by atoms with Crippen molar-refractivity contribution >= 4 is 17.6 Å². The van der Waals surface area contributed by atoms with Crippen molar-refractivity contribution in [1.29, 1.82) is 0 Å². The Hall–Kier alpha value is -2.73. The second-order valence-electron chi connectivity index (χ2n) is 10.3. The number of carbonyl (C=O) groups is 1. The Morgan fingerprint density at radius 3 is 2.37 bits per heavy atom. The lowest BCUT2D eigenvalue weighted by atomic mass is 9.87. The monoisotopic (exact) mass is 492 g/mol. The largest absolute Gasteiger partial charge is 0.479 e. The summed E-state index contributed by atoms with van der Waals surface area (Å²) >= 11 is 6.07. The summed E-state index contributed by atoms with van der Waals surface area (Å²) in [5, 5.41) is 11.0. The van der Waals surface area contributed by atoms with Crippen molar-refractivity contribution in [1.82, 2.24) is 9.88 Å². The quantitative estimate of drug-likeness (QED) is 0.424. The van der Waals surface area contributed by atoms with Crippen LogP contribution in [-0.4, -0.2) is 33.1 Å². The van der Waals surface area contributed by atoms with Crippen molar-refractivity contribution in [2.24, 2.45) is 0 Å². The Morgan fingerprint density at radius 2 is 1.77 bits per heavy atom. The number of benzene rings is 2. The number of aromatic nitrogens is 1. The highest BCUT2D eigenvalue weighted by atomic mass is 35.5. The summed E-state index contributed by atoms with van der Waals surface area (Å²) in [4.78, 5) is 19.8. The first kappa shape index (κ1) is 25.4. The molecule has 0 saturated carbocycles. The lowest BCUT2D eigenvalue weighted by Crippen LogP contribution is -2.33. The second kappa shape index (κ2) is 10.1. The van der Waals surface area contributed by atoms with E-state index >= 15 is 0 Å². The summed E-state index contributed by atoms with van der Waals surface area (Å²) in [6.07, 6.45) is -0.309. The number of aliphatic carboxylic acids is 1. The van der Waals surface area contributed by atoms with E-state index in [4.69, 9.17) is 21.3 Å². The number of fused-ring (bicyclic) bond motifs is 1. The van der Waals surface area contributed by atoms with Crippen molar-refractivity contribution in [3.63, 3.8) is 0 Å². The third-order valence-corrected chi connectivity index (χ3v) is 6.53. The molecule has 4 rings (SSSR count). The average molecular weight is 493 g/mol. The van der Waals surface area contributed by atoms with Gasteiger partial charge >= 0.3 is 5.97 Å². The van der Waals surface area contributed by atoms with Gasteiger partial charge in [-0.3, -0.25) is 9.88 Å². The molecule has 0 bridgehead atoms. The van der Waals surface area contributed by atoms with E-state index in [1.54, 1.807) is 0 Å². The van der Waals surface area contributed by atoms with E-state index in [0.29, 0.717) is 17.8 Å². The fraction of sp³-hybridized carbons (Fsp3) is 0.379. The second-order valence-corrected chi connectivity index (χ2v) is 10.7. The summed E-state index contributed by atoms with van der Waals surface area (Å²) < 4.78 is 6.11. The van der Waals surface area contributed by atoms with Gasteiger partial charge in [0.1, 0.15) is 0 Å². The average Bonchev–Trinajstić information content (AvgIpc) is 2.78. The Morgan fingerprint density at radius 1 is 1.11 bits per heavy atom. The van der Waals surface area contributed by atoms with Gasteiger partial charge in [0.25, 0.3) is 0 Å². The van der Waals surface area contributed by atoms with Gasteiger partial charge in [0.2, 0.25) is 0 Å². The zero-order chi connectivity index (χ0) is 25.3. The highest BCUT2D eigenvalue weighted by molar-refractivity contribution is 6.30. The molecule has 0 aliphatic carbocycles. The standard InChI is InChI=1S/C29H33ClN2O3/c1-18-6-10-21(11-7-18)26-23-17-32(16-20-8-12-22(30)13-9-20)15-14-24(23)31-19(2)25(26)27(28(33)34)35-29(3,4)5/h6-13,27H,14-17H2,1-5H3,(H,33,34)/t27-/m0/s1. The Bertz CT molecular complexity index is 1210. The molecular formula is C29H33ClN2O3. The zero-order valence-corrected chi connectivity index (χ0v) is 21.8. The van der Waals surface area contributed by atoms with E-state index in [-0.39, 0.29) is 0 Å². The molecule has 1 aliphatic heterocycles. The van der Waals surface area contributed by atoms with Crippen molar-refractivity contribution in [3.8, 4) is 11.1 Å². The fourth-order valence-electron chi connectivity index (χ4n) is 4.70. The van der Waals surface area contributed by atoms with Crippen LogP contribution >= 0.6 is 11.6 Å². The van der Waals surface area contributed by atoms with Crippen molar-refractivity contribution in [2.45, 2.75) is 65.8 Å². The van der Waals surface area contributed by atoms with Gasteiger partial charge in [0.05, 0.1) is 5.60 Å². The number of carboxylic acids is 1. The zero-order valence-electron chi connectivity index (χ0n) is 21.1. The molecule has 1 atom stereocenters. The molecule has 0 fully saturated rings. The Kier molecular flexibility index (Phi) is 7.32. The minimum absolute atomic E-state index is 0.628. The molecule has 0 saturated heterocycles. The minimum Gasteiger partial charge on any atom is -0.479 e. The number of rotatable bonds is 6. The molecule has 6 heteroatoms. The van der Waals surface area contributed by atoms with Gasteiger partial charge in [-0.25, -0.2) is 4.79 Å². The predicted octanol–water partition coefficient (Wildman–Crippen LogP) is 6.52. The summed E-state index contributed by atoms with van der Waals surface area (Å²) in [6, 6.07) is 16.2. The molecule has 0 spiro atoms. The molecule has 3 aromatic rings. The highest BCUT2D eigenvalue weighted by Gasteiger charge is 2.34. The van der Waals surface area contributed by atoms with Crippen molar-refractivity contribution in [2.75, 3.05) is 6.54 Å². The maximum atomic E-state index is 12.5. The van der Waals surface area contributed by atoms with Crippen LogP contribution in [0, 0.1) is 13.8 Å². The number of nitrogens with zero attached hydrogens (tertiary/aromatic N) is 2. The topological polar surface area (TPSA) is 62.7 Å². The molecule has 184 valence electrons. The van der Waals surface area contributed by atoms with Crippen molar-refractivity contribution in [3.05, 3.63) is 87.2 Å². The molecule has 0 unspecified atom stereocenters. The number of hydrogen-bond acceptors (Lipinski definition) is 4. The molecule has 5 nitrogen and oxygen atoms in total. The molecule has 0 amide bonds. The maximum Gasteiger partial charge on any atom is 0.337 e. The van der Waals surface area contributed by atoms with Crippen molar-refractivity contribution < 1.29 is 14.6 Å². The number of ether oxygens (including phenoxy) is 1.